The fourth-order valence-electron chi connectivity index (χ4n) is 2.16. The van der Waals surface area contributed by atoms with E-state index in [2.05, 4.69) is 49.0 Å². The lowest BCUT2D eigenvalue weighted by atomic mass is 9.89. The van der Waals surface area contributed by atoms with Gasteiger partial charge in [-0.25, -0.2) is 0 Å². The first-order chi connectivity index (χ1) is 8.89. The summed E-state index contributed by atoms with van der Waals surface area (Å²) in [6.45, 7) is 8.28. The monoisotopic (exact) mass is 258 g/mol. The number of hydrogen-bond donors (Lipinski definition) is 2. The van der Waals surface area contributed by atoms with Crippen LogP contribution in [0.3, 0.4) is 0 Å². The number of nitrogens with one attached hydrogen (secondary N) is 2. The molecule has 1 amide bonds. The van der Waals surface area contributed by atoms with E-state index in [0.717, 1.165) is 17.7 Å². The maximum absolute atomic E-state index is 11.7. The van der Waals surface area contributed by atoms with Gasteiger partial charge in [0.1, 0.15) is 0 Å². The van der Waals surface area contributed by atoms with E-state index in [1.807, 2.05) is 19.9 Å². The van der Waals surface area contributed by atoms with Crippen LogP contribution in [0.2, 0.25) is 0 Å². The number of benzene rings is 1. The molecule has 2 rings (SSSR count). The van der Waals surface area contributed by atoms with E-state index in [9.17, 15) is 4.79 Å². The van der Waals surface area contributed by atoms with E-state index >= 15 is 0 Å². The van der Waals surface area contributed by atoms with E-state index in [4.69, 9.17) is 0 Å². The largest absolute Gasteiger partial charge is 0.302 e. The van der Waals surface area contributed by atoms with Crippen molar-refractivity contribution in [1.82, 2.24) is 10.9 Å². The fourth-order valence-corrected chi connectivity index (χ4v) is 2.16. The Kier molecular flexibility index (Phi) is 3.65. The molecule has 0 aromatic heterocycles. The van der Waals surface area contributed by atoms with Crippen LogP contribution in [-0.2, 0) is 11.2 Å². The lowest BCUT2D eigenvalue weighted by Crippen LogP contribution is -2.28. The molecule has 0 spiro atoms. The summed E-state index contributed by atoms with van der Waals surface area (Å²) in [5.74, 6) is 0.677. The van der Waals surface area contributed by atoms with Crippen LogP contribution in [0.4, 0.5) is 0 Å². The third-order valence-corrected chi connectivity index (χ3v) is 3.49. The summed E-state index contributed by atoms with van der Waals surface area (Å²) in [4.78, 5) is 11.7. The van der Waals surface area contributed by atoms with Crippen molar-refractivity contribution in [3.05, 3.63) is 41.1 Å². The molecule has 1 saturated heterocycles. The summed E-state index contributed by atoms with van der Waals surface area (Å²) < 4.78 is 0. The van der Waals surface area contributed by atoms with Crippen molar-refractivity contribution >= 4 is 12.0 Å². The van der Waals surface area contributed by atoms with Gasteiger partial charge in [-0.1, -0.05) is 38.1 Å². The maximum Gasteiger partial charge on any atom is 0.249 e. The molecular formula is C16H22N2O. The SMILES string of the molecule is CC(C)Cc1ccc(/C=C2\NNC(=O)C2(C)C)cc1. The molecule has 2 N–H and O–H groups in total. The van der Waals surface area contributed by atoms with Gasteiger partial charge in [0, 0.05) is 5.70 Å². The van der Waals surface area contributed by atoms with Gasteiger partial charge in [-0.15, -0.1) is 0 Å². The van der Waals surface area contributed by atoms with Crippen LogP contribution in [0.5, 0.6) is 0 Å². The average molecular weight is 258 g/mol. The molecule has 1 aliphatic rings. The highest BCUT2D eigenvalue weighted by atomic mass is 16.2. The number of amides is 1. The van der Waals surface area contributed by atoms with Crippen LogP contribution in [0.1, 0.15) is 38.8 Å². The zero-order valence-corrected chi connectivity index (χ0v) is 12.1. The number of carbonyl (C=O) groups excluding carboxylic acids is 1. The second-order valence-electron chi connectivity index (χ2n) is 6.10. The Hall–Kier alpha value is -1.77. The zero-order chi connectivity index (χ0) is 14.0. The summed E-state index contributed by atoms with van der Waals surface area (Å²) in [6.07, 6.45) is 3.12. The molecule has 1 heterocycles. The molecule has 1 fully saturated rings. The number of hydrazine groups is 1. The predicted molar refractivity (Wildman–Crippen MR) is 78.0 cm³/mol. The van der Waals surface area contributed by atoms with Crippen molar-refractivity contribution < 1.29 is 4.79 Å². The third-order valence-electron chi connectivity index (χ3n) is 3.49. The zero-order valence-electron chi connectivity index (χ0n) is 12.1. The lowest BCUT2D eigenvalue weighted by molar-refractivity contribution is -0.125. The Balaban J connectivity index is 2.18. The van der Waals surface area contributed by atoms with Crippen LogP contribution in [-0.4, -0.2) is 5.91 Å². The minimum atomic E-state index is -0.489. The molecular weight excluding hydrogens is 236 g/mol. The highest BCUT2D eigenvalue weighted by molar-refractivity contribution is 5.89. The molecule has 0 unspecified atom stereocenters. The topological polar surface area (TPSA) is 41.1 Å². The molecule has 3 heteroatoms. The molecule has 0 saturated carbocycles. The van der Waals surface area contributed by atoms with Gasteiger partial charge < -0.3 is 5.43 Å². The van der Waals surface area contributed by atoms with Gasteiger partial charge >= 0.3 is 0 Å². The van der Waals surface area contributed by atoms with Crippen molar-refractivity contribution in [2.24, 2.45) is 11.3 Å². The molecule has 19 heavy (non-hydrogen) atoms. The number of carbonyl (C=O) groups is 1. The quantitative estimate of drug-likeness (QED) is 0.875. The Bertz CT molecular complexity index is 498. The van der Waals surface area contributed by atoms with Crippen LogP contribution in [0.15, 0.2) is 30.0 Å². The van der Waals surface area contributed by atoms with E-state index in [1.54, 1.807) is 0 Å². The molecule has 1 aliphatic heterocycles. The number of hydrogen-bond acceptors (Lipinski definition) is 2. The molecule has 1 aromatic rings. The number of rotatable bonds is 3. The van der Waals surface area contributed by atoms with Gasteiger partial charge in [-0.05, 0) is 43.4 Å². The summed E-state index contributed by atoms with van der Waals surface area (Å²) in [6, 6.07) is 8.52. The Labute approximate surface area is 115 Å². The summed E-state index contributed by atoms with van der Waals surface area (Å²) >= 11 is 0. The Morgan fingerprint density at radius 3 is 2.26 bits per heavy atom. The first kappa shape index (κ1) is 13.7. The average Bonchev–Trinajstić information content (AvgIpc) is 2.58. The summed E-state index contributed by atoms with van der Waals surface area (Å²) in [5.41, 5.74) is 8.50. The van der Waals surface area contributed by atoms with E-state index in [1.165, 1.54) is 5.56 Å². The molecule has 0 bridgehead atoms. The van der Waals surface area contributed by atoms with Crippen molar-refractivity contribution in [2.45, 2.75) is 34.1 Å². The van der Waals surface area contributed by atoms with Gasteiger partial charge in [0.05, 0.1) is 5.41 Å². The van der Waals surface area contributed by atoms with Crippen LogP contribution < -0.4 is 10.9 Å². The highest BCUT2D eigenvalue weighted by Crippen LogP contribution is 2.29. The van der Waals surface area contributed by atoms with Gasteiger partial charge in [0.25, 0.3) is 0 Å². The molecule has 0 atom stereocenters. The Morgan fingerprint density at radius 2 is 1.79 bits per heavy atom. The molecule has 0 aliphatic carbocycles. The van der Waals surface area contributed by atoms with Crippen molar-refractivity contribution in [2.75, 3.05) is 0 Å². The van der Waals surface area contributed by atoms with Crippen molar-refractivity contribution in [1.29, 1.82) is 0 Å². The second kappa shape index (κ2) is 5.08. The normalized spacial score (nSPS) is 19.6. The van der Waals surface area contributed by atoms with E-state index in [0.29, 0.717) is 5.92 Å². The van der Waals surface area contributed by atoms with Crippen LogP contribution >= 0.6 is 0 Å². The van der Waals surface area contributed by atoms with Gasteiger partial charge in [0.2, 0.25) is 5.91 Å². The van der Waals surface area contributed by atoms with E-state index in [-0.39, 0.29) is 5.91 Å². The standard InChI is InChI=1S/C16H22N2O/c1-11(2)9-12-5-7-13(8-6-12)10-14-16(3,4)15(19)18-17-14/h5-8,10-11,17H,9H2,1-4H3,(H,18,19)/b14-10-. The first-order valence-corrected chi connectivity index (χ1v) is 6.77. The molecule has 102 valence electrons. The third kappa shape index (κ3) is 2.98. The predicted octanol–water partition coefficient (Wildman–Crippen LogP) is 2.89. The van der Waals surface area contributed by atoms with Crippen molar-refractivity contribution in [3.63, 3.8) is 0 Å². The minimum Gasteiger partial charge on any atom is -0.302 e. The lowest BCUT2D eigenvalue weighted by Gasteiger charge is -2.14. The molecule has 0 radical (unpaired) electrons. The second-order valence-corrected chi connectivity index (χ2v) is 6.10. The highest BCUT2D eigenvalue weighted by Gasteiger charge is 2.37. The van der Waals surface area contributed by atoms with Crippen LogP contribution in [0, 0.1) is 11.3 Å². The van der Waals surface area contributed by atoms with Gasteiger partial charge in [-0.3, -0.25) is 10.2 Å². The molecule has 1 aromatic carbocycles. The Morgan fingerprint density at radius 1 is 1.16 bits per heavy atom. The maximum atomic E-state index is 11.7. The smallest absolute Gasteiger partial charge is 0.249 e. The summed E-state index contributed by atoms with van der Waals surface area (Å²) in [5, 5.41) is 0. The van der Waals surface area contributed by atoms with Crippen molar-refractivity contribution in [3.8, 4) is 0 Å². The molecule has 3 nitrogen and oxygen atoms in total. The van der Waals surface area contributed by atoms with Gasteiger partial charge in [-0.2, -0.15) is 0 Å². The van der Waals surface area contributed by atoms with Gasteiger partial charge in [0.15, 0.2) is 0 Å². The fraction of sp³-hybridized carbons (Fsp3) is 0.438. The van der Waals surface area contributed by atoms with E-state index < -0.39 is 5.41 Å². The first-order valence-electron chi connectivity index (χ1n) is 6.77. The minimum absolute atomic E-state index is 0.00942. The summed E-state index contributed by atoms with van der Waals surface area (Å²) in [7, 11) is 0. The van der Waals surface area contributed by atoms with Crippen LogP contribution in [0.25, 0.3) is 6.08 Å².